The highest BCUT2D eigenvalue weighted by molar-refractivity contribution is 6.30. The van der Waals surface area contributed by atoms with Crippen LogP contribution in [0.1, 0.15) is 28.9 Å². The lowest BCUT2D eigenvalue weighted by atomic mass is 9.95. The Morgan fingerprint density at radius 1 is 1.23 bits per heavy atom. The topological polar surface area (TPSA) is 58.4 Å². The molecule has 1 aliphatic rings. The van der Waals surface area contributed by atoms with Crippen LogP contribution in [0.15, 0.2) is 30.5 Å². The maximum absolute atomic E-state index is 12.9. The van der Waals surface area contributed by atoms with E-state index in [0.29, 0.717) is 36.5 Å². The maximum Gasteiger partial charge on any atom is 0.257 e. The second-order valence-electron chi connectivity index (χ2n) is 6.83. The Balaban J connectivity index is 1.73. The first-order valence-electron chi connectivity index (χ1n) is 8.69. The minimum atomic E-state index is -0.0356. The molecule has 1 fully saturated rings. The quantitative estimate of drug-likeness (QED) is 0.830. The molecule has 0 radical (unpaired) electrons. The number of aromatic nitrogens is 2. The smallest absolute Gasteiger partial charge is 0.257 e. The molecular weight excluding hydrogens is 352 g/mol. The van der Waals surface area contributed by atoms with Crippen LogP contribution < -0.4 is 0 Å². The molecule has 2 aromatic rings. The van der Waals surface area contributed by atoms with Crippen molar-refractivity contribution in [1.82, 2.24) is 19.6 Å². The molecule has 0 N–H and O–H groups in total. The highest BCUT2D eigenvalue weighted by Crippen LogP contribution is 2.23. The first kappa shape index (κ1) is 18.5. The van der Waals surface area contributed by atoms with Crippen molar-refractivity contribution in [3.05, 3.63) is 46.7 Å². The van der Waals surface area contributed by atoms with E-state index in [4.69, 9.17) is 11.6 Å². The fraction of sp³-hybridized carbons (Fsp3) is 0.421. The van der Waals surface area contributed by atoms with Crippen LogP contribution in [0.3, 0.4) is 0 Å². The standard InChI is InChI=1S/C19H23ClN4O2/c1-13-17(12-21-24(13)16-6-4-5-15(20)11-16)19(26)23-9-7-14(8-10-23)18(25)22(2)3/h4-6,11-12,14H,7-10H2,1-3H3. The third kappa shape index (κ3) is 3.60. The molecule has 0 saturated carbocycles. The Morgan fingerprint density at radius 2 is 1.92 bits per heavy atom. The number of amides is 2. The summed E-state index contributed by atoms with van der Waals surface area (Å²) in [5, 5.41) is 4.98. The number of likely N-dealkylation sites (tertiary alicyclic amines) is 1. The van der Waals surface area contributed by atoms with Crippen LogP contribution in [-0.4, -0.2) is 58.6 Å². The van der Waals surface area contributed by atoms with Crippen molar-refractivity contribution < 1.29 is 9.59 Å². The summed E-state index contributed by atoms with van der Waals surface area (Å²) < 4.78 is 1.72. The zero-order valence-corrected chi connectivity index (χ0v) is 16.0. The van der Waals surface area contributed by atoms with Gasteiger partial charge in [0.2, 0.25) is 5.91 Å². The van der Waals surface area contributed by atoms with Gasteiger partial charge in [-0.2, -0.15) is 5.10 Å². The summed E-state index contributed by atoms with van der Waals surface area (Å²) in [7, 11) is 3.54. The van der Waals surface area contributed by atoms with E-state index in [-0.39, 0.29) is 17.7 Å². The molecule has 3 rings (SSSR count). The highest BCUT2D eigenvalue weighted by atomic mass is 35.5. The van der Waals surface area contributed by atoms with Gasteiger partial charge < -0.3 is 9.80 Å². The molecule has 26 heavy (non-hydrogen) atoms. The van der Waals surface area contributed by atoms with Crippen molar-refractivity contribution in [3.63, 3.8) is 0 Å². The number of carbonyl (C=O) groups excluding carboxylic acids is 2. The number of hydrogen-bond acceptors (Lipinski definition) is 3. The Morgan fingerprint density at radius 3 is 2.54 bits per heavy atom. The minimum absolute atomic E-state index is 0.00401. The summed E-state index contributed by atoms with van der Waals surface area (Å²) in [6.45, 7) is 3.05. The highest BCUT2D eigenvalue weighted by Gasteiger charge is 2.29. The number of hydrogen-bond donors (Lipinski definition) is 0. The molecule has 138 valence electrons. The number of halogens is 1. The normalized spacial score (nSPS) is 15.2. The zero-order chi connectivity index (χ0) is 18.8. The van der Waals surface area contributed by atoms with E-state index >= 15 is 0 Å². The van der Waals surface area contributed by atoms with Gasteiger partial charge in [-0.3, -0.25) is 9.59 Å². The molecule has 1 aromatic heterocycles. The predicted octanol–water partition coefficient (Wildman–Crippen LogP) is 2.77. The number of carbonyl (C=O) groups is 2. The van der Waals surface area contributed by atoms with Gasteiger partial charge >= 0.3 is 0 Å². The first-order valence-corrected chi connectivity index (χ1v) is 9.07. The third-order valence-electron chi connectivity index (χ3n) is 4.87. The average Bonchev–Trinajstić information content (AvgIpc) is 3.02. The van der Waals surface area contributed by atoms with Crippen LogP contribution in [-0.2, 0) is 4.79 Å². The van der Waals surface area contributed by atoms with Crippen LogP contribution in [0, 0.1) is 12.8 Å². The van der Waals surface area contributed by atoms with Gasteiger partial charge in [0.05, 0.1) is 23.1 Å². The van der Waals surface area contributed by atoms with Crippen molar-refractivity contribution in [2.24, 2.45) is 5.92 Å². The first-order chi connectivity index (χ1) is 12.4. The monoisotopic (exact) mass is 374 g/mol. The molecule has 7 heteroatoms. The van der Waals surface area contributed by atoms with Crippen molar-refractivity contribution in [2.75, 3.05) is 27.2 Å². The molecule has 0 atom stereocenters. The van der Waals surface area contributed by atoms with Gasteiger partial charge in [-0.15, -0.1) is 0 Å². The molecule has 1 saturated heterocycles. The third-order valence-corrected chi connectivity index (χ3v) is 5.10. The lowest BCUT2D eigenvalue weighted by Crippen LogP contribution is -2.42. The molecule has 2 amide bonds. The van der Waals surface area contributed by atoms with E-state index in [2.05, 4.69) is 5.10 Å². The largest absolute Gasteiger partial charge is 0.349 e. The Hall–Kier alpha value is -2.34. The van der Waals surface area contributed by atoms with Gasteiger partial charge in [0.25, 0.3) is 5.91 Å². The summed E-state index contributed by atoms with van der Waals surface area (Å²) in [4.78, 5) is 28.4. The lowest BCUT2D eigenvalue weighted by molar-refractivity contribution is -0.134. The molecule has 0 bridgehead atoms. The number of benzene rings is 1. The molecular formula is C19H23ClN4O2. The van der Waals surface area contributed by atoms with Crippen LogP contribution in [0.2, 0.25) is 5.02 Å². The van der Waals surface area contributed by atoms with Gasteiger partial charge in [0.15, 0.2) is 0 Å². The van der Waals surface area contributed by atoms with E-state index in [0.717, 1.165) is 11.4 Å². The fourth-order valence-corrected chi connectivity index (χ4v) is 3.54. The molecule has 0 aliphatic carbocycles. The van der Waals surface area contributed by atoms with Crippen LogP contribution in [0.25, 0.3) is 5.69 Å². The SMILES string of the molecule is Cc1c(C(=O)N2CCC(C(=O)N(C)C)CC2)cnn1-c1cccc(Cl)c1. The summed E-state index contributed by atoms with van der Waals surface area (Å²) in [5.41, 5.74) is 2.19. The summed E-state index contributed by atoms with van der Waals surface area (Å²) in [6, 6.07) is 7.37. The Bertz CT molecular complexity index is 823. The second kappa shape index (κ2) is 7.50. The average molecular weight is 375 g/mol. The van der Waals surface area contributed by atoms with Crippen molar-refractivity contribution in [2.45, 2.75) is 19.8 Å². The number of nitrogens with zero attached hydrogens (tertiary/aromatic N) is 4. The van der Waals surface area contributed by atoms with E-state index in [9.17, 15) is 9.59 Å². The number of rotatable bonds is 3. The van der Waals surface area contributed by atoms with E-state index in [1.807, 2.05) is 30.0 Å². The van der Waals surface area contributed by atoms with E-state index in [1.54, 1.807) is 35.9 Å². The fourth-order valence-electron chi connectivity index (χ4n) is 3.35. The van der Waals surface area contributed by atoms with Crippen LogP contribution in [0.4, 0.5) is 0 Å². The van der Waals surface area contributed by atoms with Gasteiger partial charge in [-0.1, -0.05) is 17.7 Å². The number of piperidine rings is 1. The van der Waals surface area contributed by atoms with Crippen molar-refractivity contribution in [3.8, 4) is 5.69 Å². The van der Waals surface area contributed by atoms with E-state index in [1.165, 1.54) is 0 Å². The predicted molar refractivity (Wildman–Crippen MR) is 101 cm³/mol. The zero-order valence-electron chi connectivity index (χ0n) is 15.3. The summed E-state index contributed by atoms with van der Waals surface area (Å²) in [5.74, 6) is 0.109. The van der Waals surface area contributed by atoms with Crippen LogP contribution in [0.5, 0.6) is 0 Å². The van der Waals surface area contributed by atoms with Crippen LogP contribution >= 0.6 is 11.6 Å². The Labute approximate surface area is 158 Å². The van der Waals surface area contributed by atoms with Gasteiger partial charge in [0, 0.05) is 38.1 Å². The molecule has 6 nitrogen and oxygen atoms in total. The van der Waals surface area contributed by atoms with E-state index < -0.39 is 0 Å². The van der Waals surface area contributed by atoms with Crippen molar-refractivity contribution >= 4 is 23.4 Å². The van der Waals surface area contributed by atoms with Crippen molar-refractivity contribution in [1.29, 1.82) is 0 Å². The lowest BCUT2D eigenvalue weighted by Gasteiger charge is -2.32. The Kier molecular flexibility index (Phi) is 5.32. The molecule has 2 heterocycles. The van der Waals surface area contributed by atoms with Gasteiger partial charge in [-0.05, 0) is 38.0 Å². The summed E-state index contributed by atoms with van der Waals surface area (Å²) in [6.07, 6.45) is 3.00. The van der Waals surface area contributed by atoms with Gasteiger partial charge in [-0.25, -0.2) is 4.68 Å². The van der Waals surface area contributed by atoms with Gasteiger partial charge in [0.1, 0.15) is 0 Å². The minimum Gasteiger partial charge on any atom is -0.349 e. The maximum atomic E-state index is 12.9. The second-order valence-corrected chi connectivity index (χ2v) is 7.27. The molecule has 0 spiro atoms. The molecule has 0 unspecified atom stereocenters. The molecule has 1 aliphatic heterocycles. The summed E-state index contributed by atoms with van der Waals surface area (Å²) >= 11 is 6.05. The molecule has 1 aromatic carbocycles.